The summed E-state index contributed by atoms with van der Waals surface area (Å²) in [6.07, 6.45) is 0.363. The molecule has 1 aliphatic carbocycles. The molecule has 2 aliphatic rings. The van der Waals surface area contributed by atoms with Crippen molar-refractivity contribution in [2.75, 3.05) is 13.2 Å². The Labute approximate surface area is 152 Å². The van der Waals surface area contributed by atoms with Crippen molar-refractivity contribution in [2.24, 2.45) is 11.8 Å². The fraction of sp³-hybridized carbons (Fsp3) is 0.450. The highest BCUT2D eigenvalue weighted by atomic mass is 16.5. The van der Waals surface area contributed by atoms with Crippen LogP contribution in [-0.4, -0.2) is 40.7 Å². The van der Waals surface area contributed by atoms with Crippen LogP contribution in [0, 0.1) is 11.8 Å². The fourth-order valence-electron chi connectivity index (χ4n) is 3.73. The van der Waals surface area contributed by atoms with Crippen LogP contribution in [0.3, 0.4) is 0 Å². The highest BCUT2D eigenvalue weighted by Crippen LogP contribution is 2.44. The Kier molecular flexibility index (Phi) is 4.36. The smallest absolute Gasteiger partial charge is 0.269 e. The minimum atomic E-state index is -0.171. The lowest BCUT2D eigenvalue weighted by Crippen LogP contribution is -2.32. The summed E-state index contributed by atoms with van der Waals surface area (Å²) in [5.41, 5.74) is 1.82. The second-order valence-corrected chi connectivity index (χ2v) is 7.09. The van der Waals surface area contributed by atoms with Gasteiger partial charge in [0.05, 0.1) is 19.3 Å². The van der Waals surface area contributed by atoms with E-state index in [1.807, 2.05) is 37.3 Å². The van der Waals surface area contributed by atoms with E-state index in [4.69, 9.17) is 4.74 Å². The summed E-state index contributed by atoms with van der Waals surface area (Å²) in [6, 6.07) is 11.5. The summed E-state index contributed by atoms with van der Waals surface area (Å²) in [5.74, 6) is 0.627. The van der Waals surface area contributed by atoms with Crippen molar-refractivity contribution in [1.29, 1.82) is 0 Å². The number of ketones is 1. The van der Waals surface area contributed by atoms with E-state index in [-0.39, 0.29) is 23.8 Å². The van der Waals surface area contributed by atoms with E-state index in [2.05, 4.69) is 10.4 Å². The van der Waals surface area contributed by atoms with Gasteiger partial charge in [-0.2, -0.15) is 5.10 Å². The lowest BCUT2D eigenvalue weighted by atomic mass is 10.1. The van der Waals surface area contributed by atoms with Gasteiger partial charge >= 0.3 is 0 Å². The number of Topliss-reactive ketones (excluding diaryl/α,β-unsaturated/α-hetero) is 1. The Morgan fingerprint density at radius 3 is 2.62 bits per heavy atom. The predicted octanol–water partition coefficient (Wildman–Crippen LogP) is 2.46. The molecule has 1 aliphatic heterocycles. The monoisotopic (exact) mass is 353 g/mol. The van der Waals surface area contributed by atoms with E-state index in [9.17, 15) is 9.59 Å². The minimum Gasteiger partial charge on any atom is -0.381 e. The second-order valence-electron chi connectivity index (χ2n) is 7.09. The van der Waals surface area contributed by atoms with Gasteiger partial charge in [0, 0.05) is 30.4 Å². The van der Waals surface area contributed by atoms with Crippen LogP contribution >= 0.6 is 0 Å². The summed E-state index contributed by atoms with van der Waals surface area (Å²) in [7, 11) is 0. The molecule has 4 rings (SSSR count). The van der Waals surface area contributed by atoms with Gasteiger partial charge in [-0.15, -0.1) is 0 Å². The van der Waals surface area contributed by atoms with Gasteiger partial charge in [-0.1, -0.05) is 37.3 Å². The van der Waals surface area contributed by atoms with Crippen molar-refractivity contribution in [3.05, 3.63) is 53.3 Å². The van der Waals surface area contributed by atoms with Crippen molar-refractivity contribution in [3.8, 4) is 0 Å². The predicted molar refractivity (Wildman–Crippen MR) is 96.2 cm³/mol. The maximum absolute atomic E-state index is 12.9. The maximum Gasteiger partial charge on any atom is 0.269 e. The molecule has 1 amide bonds. The molecule has 1 N–H and O–H groups in total. The number of hydrogen-bond acceptors (Lipinski definition) is 4. The van der Waals surface area contributed by atoms with Gasteiger partial charge < -0.3 is 10.1 Å². The first-order valence-corrected chi connectivity index (χ1v) is 9.16. The van der Waals surface area contributed by atoms with Crippen molar-refractivity contribution in [3.63, 3.8) is 0 Å². The Balaban J connectivity index is 1.62. The number of amides is 1. The average Bonchev–Trinajstić information content (AvgIpc) is 3.07. The van der Waals surface area contributed by atoms with Gasteiger partial charge in [-0.3, -0.25) is 14.3 Å². The van der Waals surface area contributed by atoms with Gasteiger partial charge in [-0.25, -0.2) is 0 Å². The van der Waals surface area contributed by atoms with Crippen LogP contribution in [0.4, 0.5) is 0 Å². The standard InChI is InChI=1S/C20H23N3O3/c1-3-18(24)16-9-17(20(25)21-19-14-10-26-11-15(14)19)23(22-16)12(2)13-7-5-4-6-8-13/h4-9,12,14-15,19H,3,10-11H2,1-2H3,(H,21,25)/t12-,14-,15+,19?/m1/s1. The minimum absolute atomic E-state index is 0.0604. The van der Waals surface area contributed by atoms with Crippen molar-refractivity contribution >= 4 is 11.7 Å². The van der Waals surface area contributed by atoms with Gasteiger partial charge in [-0.05, 0) is 12.5 Å². The summed E-state index contributed by atoms with van der Waals surface area (Å²) >= 11 is 0. The third-order valence-electron chi connectivity index (χ3n) is 5.47. The first-order valence-electron chi connectivity index (χ1n) is 9.16. The van der Waals surface area contributed by atoms with Crippen LogP contribution in [0.2, 0.25) is 0 Å². The second kappa shape index (κ2) is 6.68. The van der Waals surface area contributed by atoms with Crippen molar-refractivity contribution < 1.29 is 14.3 Å². The molecular weight excluding hydrogens is 330 g/mol. The number of rotatable bonds is 6. The molecule has 1 unspecified atom stereocenters. The number of aromatic nitrogens is 2. The average molecular weight is 353 g/mol. The number of carbonyl (C=O) groups excluding carboxylic acids is 2. The summed E-state index contributed by atoms with van der Waals surface area (Å²) in [6.45, 7) is 5.22. The van der Waals surface area contributed by atoms with E-state index in [0.717, 1.165) is 18.8 Å². The van der Waals surface area contributed by atoms with Crippen LogP contribution < -0.4 is 5.32 Å². The molecule has 1 saturated heterocycles. The first kappa shape index (κ1) is 17.0. The number of carbonyl (C=O) groups is 2. The molecule has 0 radical (unpaired) electrons. The van der Waals surface area contributed by atoms with Crippen LogP contribution in [-0.2, 0) is 4.74 Å². The highest BCUT2D eigenvalue weighted by Gasteiger charge is 2.55. The Hall–Kier alpha value is -2.47. The molecule has 2 fully saturated rings. The van der Waals surface area contributed by atoms with Gasteiger partial charge in [0.2, 0.25) is 0 Å². The lowest BCUT2D eigenvalue weighted by Gasteiger charge is -2.16. The van der Waals surface area contributed by atoms with E-state index < -0.39 is 0 Å². The fourth-order valence-corrected chi connectivity index (χ4v) is 3.73. The van der Waals surface area contributed by atoms with Crippen molar-refractivity contribution in [1.82, 2.24) is 15.1 Å². The van der Waals surface area contributed by atoms with Crippen LogP contribution in [0.1, 0.15) is 52.9 Å². The molecule has 6 heteroatoms. The molecular formula is C20H23N3O3. The van der Waals surface area contributed by atoms with Crippen LogP contribution in [0.25, 0.3) is 0 Å². The molecule has 4 atom stereocenters. The summed E-state index contributed by atoms with van der Waals surface area (Å²) < 4.78 is 7.05. The third-order valence-corrected chi connectivity index (χ3v) is 5.47. The number of ether oxygens (including phenoxy) is 1. The Morgan fingerprint density at radius 2 is 1.96 bits per heavy atom. The van der Waals surface area contributed by atoms with Gasteiger partial charge in [0.25, 0.3) is 5.91 Å². The number of benzene rings is 1. The molecule has 6 nitrogen and oxygen atoms in total. The van der Waals surface area contributed by atoms with Crippen molar-refractivity contribution in [2.45, 2.75) is 32.4 Å². The zero-order valence-electron chi connectivity index (χ0n) is 15.0. The van der Waals surface area contributed by atoms with E-state index in [1.54, 1.807) is 17.7 Å². The molecule has 1 aromatic heterocycles. The maximum atomic E-state index is 12.9. The number of nitrogens with one attached hydrogen (secondary N) is 1. The number of nitrogens with zero attached hydrogens (tertiary/aromatic N) is 2. The highest BCUT2D eigenvalue weighted by molar-refractivity contribution is 5.99. The van der Waals surface area contributed by atoms with E-state index in [0.29, 0.717) is 29.6 Å². The summed E-state index contributed by atoms with van der Waals surface area (Å²) in [5, 5.41) is 7.56. The first-order chi connectivity index (χ1) is 12.6. The van der Waals surface area contributed by atoms with Crippen LogP contribution in [0.5, 0.6) is 0 Å². The Morgan fingerprint density at radius 1 is 1.27 bits per heavy atom. The number of fused-ring (bicyclic) bond motifs is 1. The quantitative estimate of drug-likeness (QED) is 0.810. The van der Waals surface area contributed by atoms with Crippen LogP contribution in [0.15, 0.2) is 36.4 Å². The molecule has 26 heavy (non-hydrogen) atoms. The normalized spacial score (nSPS) is 24.8. The largest absolute Gasteiger partial charge is 0.381 e. The van der Waals surface area contributed by atoms with Gasteiger partial charge in [0.1, 0.15) is 11.4 Å². The Bertz CT molecular complexity index is 820. The summed E-state index contributed by atoms with van der Waals surface area (Å²) in [4.78, 5) is 25.0. The number of hydrogen-bond donors (Lipinski definition) is 1. The topological polar surface area (TPSA) is 73.2 Å². The zero-order valence-corrected chi connectivity index (χ0v) is 15.0. The van der Waals surface area contributed by atoms with E-state index in [1.165, 1.54) is 0 Å². The zero-order chi connectivity index (χ0) is 18.3. The molecule has 1 aromatic carbocycles. The van der Waals surface area contributed by atoms with Gasteiger partial charge in [0.15, 0.2) is 5.78 Å². The van der Waals surface area contributed by atoms with E-state index >= 15 is 0 Å². The molecule has 136 valence electrons. The molecule has 2 heterocycles. The lowest BCUT2D eigenvalue weighted by molar-refractivity contribution is 0.0916. The molecule has 2 aromatic rings. The SMILES string of the molecule is CCC(=O)c1cc(C(=O)NC2[C@H]3COC[C@@H]23)n([C@H](C)c2ccccc2)n1. The third kappa shape index (κ3) is 2.94. The molecule has 0 bridgehead atoms. The molecule has 0 spiro atoms. The molecule has 1 saturated carbocycles.